The number of amides is 1. The normalized spacial score (nSPS) is 24.4. The maximum atomic E-state index is 13.2. The van der Waals surface area contributed by atoms with Gasteiger partial charge in [-0.3, -0.25) is 4.79 Å². The third kappa shape index (κ3) is 4.58. The molecule has 1 unspecified atom stereocenters. The summed E-state index contributed by atoms with van der Waals surface area (Å²) in [4.78, 5) is 16.3. The number of carbonyl (C=O) groups excluding carboxylic acids is 1. The standard InChI is InChI=1S/C21H33N3O3S/c1-16-6-5-7-22(14-16)15-20(25)23-8-10-24(11-9-23)28(26,27)21-18(3)12-17(2)13-19(21)4/h12-13,16H,5-11,14-15H2,1-4H3/p+1/t16-/m0/s1. The maximum absolute atomic E-state index is 13.2. The third-order valence-corrected chi connectivity index (χ3v) is 8.26. The predicted molar refractivity (Wildman–Crippen MR) is 110 cm³/mol. The minimum absolute atomic E-state index is 0.156. The number of nitrogens with zero attached hydrogens (tertiary/aromatic N) is 2. The summed E-state index contributed by atoms with van der Waals surface area (Å²) in [6.07, 6.45) is 2.44. The van der Waals surface area contributed by atoms with Crippen molar-refractivity contribution < 1.29 is 18.1 Å². The fourth-order valence-electron chi connectivity index (χ4n) is 4.76. The topological polar surface area (TPSA) is 62.1 Å². The number of nitrogens with one attached hydrogen (secondary N) is 1. The Morgan fingerprint density at radius 2 is 1.71 bits per heavy atom. The second-order valence-corrected chi connectivity index (χ2v) is 10.5. The van der Waals surface area contributed by atoms with Crippen molar-refractivity contribution in [2.45, 2.75) is 45.4 Å². The van der Waals surface area contributed by atoms with E-state index in [-0.39, 0.29) is 5.91 Å². The Labute approximate surface area is 169 Å². The van der Waals surface area contributed by atoms with E-state index in [0.717, 1.165) is 29.8 Å². The first kappa shape index (κ1) is 21.3. The van der Waals surface area contributed by atoms with Gasteiger partial charge in [0, 0.05) is 32.1 Å². The van der Waals surface area contributed by atoms with E-state index < -0.39 is 10.0 Å². The fourth-order valence-corrected chi connectivity index (χ4v) is 6.60. The summed E-state index contributed by atoms with van der Waals surface area (Å²) in [6.45, 7) is 12.3. The summed E-state index contributed by atoms with van der Waals surface area (Å²) >= 11 is 0. The van der Waals surface area contributed by atoms with E-state index in [1.165, 1.54) is 22.0 Å². The molecular weight excluding hydrogens is 374 g/mol. The van der Waals surface area contributed by atoms with Crippen LogP contribution >= 0.6 is 0 Å². The Hall–Kier alpha value is -1.44. The number of piperazine rings is 1. The SMILES string of the molecule is Cc1cc(C)c(S(=O)(=O)N2CCN(C(=O)C[NH+]3CCC[C@H](C)C3)CC2)c(C)c1. The number of sulfonamides is 1. The van der Waals surface area contributed by atoms with Crippen molar-refractivity contribution in [3.8, 4) is 0 Å². The van der Waals surface area contributed by atoms with Crippen molar-refractivity contribution in [1.82, 2.24) is 9.21 Å². The molecule has 7 heteroatoms. The van der Waals surface area contributed by atoms with E-state index in [9.17, 15) is 13.2 Å². The number of likely N-dealkylation sites (tertiary alicyclic amines) is 1. The molecular formula is C21H34N3O3S+. The molecule has 0 bridgehead atoms. The summed E-state index contributed by atoms with van der Waals surface area (Å²) in [5.41, 5.74) is 2.65. The lowest BCUT2D eigenvalue weighted by Crippen LogP contribution is -3.14. The molecule has 3 rings (SSSR count). The van der Waals surface area contributed by atoms with Crippen LogP contribution in [0.3, 0.4) is 0 Å². The molecule has 0 aliphatic carbocycles. The fraction of sp³-hybridized carbons (Fsp3) is 0.667. The number of aryl methyl sites for hydroxylation is 3. The maximum Gasteiger partial charge on any atom is 0.277 e. The van der Waals surface area contributed by atoms with Gasteiger partial charge in [-0.05, 0) is 44.7 Å². The van der Waals surface area contributed by atoms with E-state index >= 15 is 0 Å². The Bertz CT molecular complexity index is 806. The van der Waals surface area contributed by atoms with Crippen LogP contribution in [0.15, 0.2) is 17.0 Å². The molecule has 2 fully saturated rings. The van der Waals surface area contributed by atoms with Crippen molar-refractivity contribution >= 4 is 15.9 Å². The number of carbonyl (C=O) groups is 1. The molecule has 0 aromatic heterocycles. The van der Waals surface area contributed by atoms with E-state index in [0.29, 0.717) is 43.5 Å². The van der Waals surface area contributed by atoms with Gasteiger partial charge in [0.15, 0.2) is 6.54 Å². The molecule has 1 amide bonds. The van der Waals surface area contributed by atoms with Crippen molar-refractivity contribution in [2.24, 2.45) is 5.92 Å². The van der Waals surface area contributed by atoms with Crippen LogP contribution in [0.5, 0.6) is 0 Å². The van der Waals surface area contributed by atoms with Crippen LogP contribution in [0.25, 0.3) is 0 Å². The number of rotatable bonds is 4. The Balaban J connectivity index is 1.62. The Morgan fingerprint density at radius 3 is 2.29 bits per heavy atom. The first-order valence-corrected chi connectivity index (χ1v) is 11.8. The molecule has 2 aliphatic rings. The number of hydrogen-bond acceptors (Lipinski definition) is 3. The van der Waals surface area contributed by atoms with Gasteiger partial charge in [0.05, 0.1) is 18.0 Å². The van der Waals surface area contributed by atoms with Crippen LogP contribution in [-0.4, -0.2) is 69.3 Å². The number of benzene rings is 1. The second-order valence-electron chi connectivity index (χ2n) is 8.64. The van der Waals surface area contributed by atoms with Gasteiger partial charge in [0.25, 0.3) is 5.91 Å². The first-order chi connectivity index (χ1) is 13.2. The molecule has 28 heavy (non-hydrogen) atoms. The van der Waals surface area contributed by atoms with Gasteiger partial charge in [-0.15, -0.1) is 0 Å². The third-order valence-electron chi connectivity index (χ3n) is 6.06. The largest absolute Gasteiger partial charge is 0.335 e. The Morgan fingerprint density at radius 1 is 1.11 bits per heavy atom. The molecule has 1 N–H and O–H groups in total. The van der Waals surface area contributed by atoms with E-state index in [1.54, 1.807) is 0 Å². The Kier molecular flexibility index (Phi) is 6.47. The summed E-state index contributed by atoms with van der Waals surface area (Å²) in [5, 5.41) is 0. The minimum Gasteiger partial charge on any atom is -0.335 e. The summed E-state index contributed by atoms with van der Waals surface area (Å²) < 4.78 is 27.9. The second kappa shape index (κ2) is 8.51. The lowest BCUT2D eigenvalue weighted by molar-refractivity contribution is -0.900. The first-order valence-electron chi connectivity index (χ1n) is 10.4. The molecule has 1 aromatic carbocycles. The lowest BCUT2D eigenvalue weighted by atomic mass is 10.0. The van der Waals surface area contributed by atoms with Gasteiger partial charge < -0.3 is 9.80 Å². The molecule has 2 saturated heterocycles. The van der Waals surface area contributed by atoms with Gasteiger partial charge >= 0.3 is 0 Å². The van der Waals surface area contributed by atoms with Crippen LogP contribution in [0, 0.1) is 26.7 Å². The van der Waals surface area contributed by atoms with Gasteiger partial charge in [-0.1, -0.05) is 24.6 Å². The highest BCUT2D eigenvalue weighted by atomic mass is 32.2. The molecule has 6 nitrogen and oxygen atoms in total. The van der Waals surface area contributed by atoms with Crippen LogP contribution < -0.4 is 4.90 Å². The van der Waals surface area contributed by atoms with Crippen molar-refractivity contribution in [1.29, 1.82) is 0 Å². The molecule has 156 valence electrons. The van der Waals surface area contributed by atoms with E-state index in [4.69, 9.17) is 0 Å². The van der Waals surface area contributed by atoms with Crippen molar-refractivity contribution in [2.75, 3.05) is 45.8 Å². The van der Waals surface area contributed by atoms with E-state index in [2.05, 4.69) is 6.92 Å². The van der Waals surface area contributed by atoms with Crippen LogP contribution in [0.4, 0.5) is 0 Å². The molecule has 2 heterocycles. The van der Waals surface area contributed by atoms with Crippen LogP contribution in [0.1, 0.15) is 36.5 Å². The van der Waals surface area contributed by atoms with Gasteiger partial charge in [-0.25, -0.2) is 8.42 Å². The van der Waals surface area contributed by atoms with Crippen LogP contribution in [-0.2, 0) is 14.8 Å². The number of quaternary nitrogens is 1. The van der Waals surface area contributed by atoms with Gasteiger partial charge in [0.1, 0.15) is 0 Å². The molecule has 2 aliphatic heterocycles. The summed E-state index contributed by atoms with van der Waals surface area (Å²) in [5.74, 6) is 0.836. The zero-order chi connectivity index (χ0) is 20.5. The van der Waals surface area contributed by atoms with Crippen molar-refractivity contribution in [3.05, 3.63) is 28.8 Å². The molecule has 0 spiro atoms. The average Bonchev–Trinajstić information content (AvgIpc) is 2.60. The zero-order valence-electron chi connectivity index (χ0n) is 17.6. The smallest absolute Gasteiger partial charge is 0.277 e. The predicted octanol–water partition coefficient (Wildman–Crippen LogP) is 0.760. The highest BCUT2D eigenvalue weighted by molar-refractivity contribution is 7.89. The van der Waals surface area contributed by atoms with E-state index in [1.807, 2.05) is 37.8 Å². The van der Waals surface area contributed by atoms with Crippen LogP contribution in [0.2, 0.25) is 0 Å². The average molecular weight is 409 g/mol. The minimum atomic E-state index is -3.53. The highest BCUT2D eigenvalue weighted by Crippen LogP contribution is 2.26. The summed E-state index contributed by atoms with van der Waals surface area (Å²) in [6, 6.07) is 3.84. The molecule has 0 saturated carbocycles. The lowest BCUT2D eigenvalue weighted by Gasteiger charge is -2.35. The molecule has 2 atom stereocenters. The highest BCUT2D eigenvalue weighted by Gasteiger charge is 2.33. The van der Waals surface area contributed by atoms with Crippen molar-refractivity contribution in [3.63, 3.8) is 0 Å². The number of piperidine rings is 1. The monoisotopic (exact) mass is 408 g/mol. The summed E-state index contributed by atoms with van der Waals surface area (Å²) in [7, 11) is -3.53. The quantitative estimate of drug-likeness (QED) is 0.800. The molecule has 1 aromatic rings. The zero-order valence-corrected chi connectivity index (χ0v) is 18.4. The molecule has 0 radical (unpaired) electrons. The van der Waals surface area contributed by atoms with Gasteiger partial charge in [-0.2, -0.15) is 4.31 Å². The number of hydrogen-bond donors (Lipinski definition) is 1. The van der Waals surface area contributed by atoms with Gasteiger partial charge in [0.2, 0.25) is 10.0 Å².